The molecular formula is C125H244O15. The Morgan fingerprint density at radius 3 is 0.814 bits per heavy atom. The number of rotatable bonds is 65. The number of unbranched alkanes of at least 4 members (excludes halogenated alkanes) is 20. The fourth-order valence-corrected chi connectivity index (χ4v) is 19.7. The molecule has 6 unspecified atom stereocenters. The van der Waals surface area contributed by atoms with Crippen LogP contribution in [0.1, 0.15) is 660 Å². The van der Waals surface area contributed by atoms with Crippen molar-refractivity contribution >= 4 is 11.9 Å². The van der Waals surface area contributed by atoms with Gasteiger partial charge in [-0.2, -0.15) is 0 Å². The number of carbonyl (C=O) groups is 2. The van der Waals surface area contributed by atoms with E-state index in [0.29, 0.717) is 11.8 Å². The van der Waals surface area contributed by atoms with Crippen molar-refractivity contribution in [1.29, 1.82) is 0 Å². The van der Waals surface area contributed by atoms with Crippen LogP contribution in [0.4, 0.5) is 0 Å². The zero-order valence-electron chi connectivity index (χ0n) is 97.2. The molecule has 13 rings (SSSR count). The van der Waals surface area contributed by atoms with Crippen molar-refractivity contribution in [2.45, 2.75) is 733 Å². The van der Waals surface area contributed by atoms with Gasteiger partial charge in [0.15, 0.2) is 6.29 Å². The van der Waals surface area contributed by atoms with E-state index in [0.717, 1.165) is 267 Å². The molecule has 6 atom stereocenters. The van der Waals surface area contributed by atoms with Gasteiger partial charge in [0.2, 0.25) is 0 Å². The molecule has 1 saturated heterocycles. The number of carbonyl (C=O) groups excluding carboxylic acids is 2. The average Bonchev–Trinajstić information content (AvgIpc) is 1.60. The SMILES string of the molecule is CC(=O)OC1(CC(C)CCCC(C)C)CC1.CC(C)CCCC(C)CC1(O)CC1.CC(C)CCCCCC1(O)CC1.CCCC(C)CCC1(O)CC1.CCCC1(O)CC1.CCCCC1(O)CC1.CCCCCC(C)CC1(O)CC1.CCCCCC(C)CC1(OC2CCCO2)CC1.CCCCCC1(O)CC1.CCCCCCC1(O)CC1.CCCCCCCC1(O)CC1.CCCCCCCC1(OC(C)=O)CC1. The fourth-order valence-electron chi connectivity index (χ4n) is 19.7. The fraction of sp³-hybridized carbons (Fsp3) is 0.984. The molecule has 0 amide bonds. The highest BCUT2D eigenvalue weighted by molar-refractivity contribution is 5.67. The third-order valence-corrected chi connectivity index (χ3v) is 32.1. The maximum atomic E-state index is 11.0. The van der Waals surface area contributed by atoms with E-state index in [1.807, 2.05) is 0 Å². The molecule has 0 aromatic heterocycles. The Hall–Kier alpha value is -1.50. The third kappa shape index (κ3) is 78.7. The Balaban J connectivity index is 0.000000520. The van der Waals surface area contributed by atoms with Crippen LogP contribution in [0.3, 0.4) is 0 Å². The quantitative estimate of drug-likeness (QED) is 0.0203. The van der Waals surface area contributed by atoms with E-state index in [9.17, 15) is 50.4 Å². The molecule has 1 aliphatic heterocycles. The van der Waals surface area contributed by atoms with Gasteiger partial charge in [-0.25, -0.2) is 0 Å². The van der Waals surface area contributed by atoms with E-state index in [-0.39, 0.29) is 85.4 Å². The number of esters is 2. The van der Waals surface area contributed by atoms with Crippen LogP contribution in [-0.4, -0.2) is 138 Å². The Bertz CT molecular complexity index is 2940. The first-order valence-corrected chi connectivity index (χ1v) is 61.4. The molecule has 140 heavy (non-hydrogen) atoms. The first-order valence-electron chi connectivity index (χ1n) is 61.4. The minimum atomic E-state index is -0.239. The molecule has 0 radical (unpaired) electrons. The molecule has 1 heterocycles. The molecule has 13 fully saturated rings. The van der Waals surface area contributed by atoms with E-state index in [4.69, 9.17) is 24.1 Å². The summed E-state index contributed by atoms with van der Waals surface area (Å²) in [4.78, 5) is 21.8. The van der Waals surface area contributed by atoms with E-state index in [1.165, 1.54) is 296 Å². The highest BCUT2D eigenvalue weighted by Gasteiger charge is 2.50. The van der Waals surface area contributed by atoms with Gasteiger partial charge >= 0.3 is 11.9 Å². The van der Waals surface area contributed by atoms with Gasteiger partial charge in [0.05, 0.1) is 56.0 Å². The van der Waals surface area contributed by atoms with Gasteiger partial charge in [-0.1, -0.05) is 389 Å². The van der Waals surface area contributed by atoms with Gasteiger partial charge in [0.1, 0.15) is 11.2 Å². The van der Waals surface area contributed by atoms with Crippen molar-refractivity contribution in [2.75, 3.05) is 6.61 Å². The molecule has 9 N–H and O–H groups in total. The normalized spacial score (nSPS) is 22.0. The summed E-state index contributed by atoms with van der Waals surface area (Å²) in [5.41, 5.74) is -1.79. The van der Waals surface area contributed by atoms with Crippen molar-refractivity contribution in [2.24, 2.45) is 47.3 Å². The van der Waals surface area contributed by atoms with Crippen molar-refractivity contribution < 1.29 is 74.5 Å². The standard InChI is InChI=1S/C15H28O2.C14H26O2.C12H22O2.C12H24O.2C11H22O.2C10H20O.C9H18O.C8H16O.C7H14O.C6H12O/c1-3-4-5-7-13(2)12-15(9-10-15)17-14-8-6-11-16-14;1-11(2)6-5-7-12(3)10-14(8-9-14)16-13(4)15;1-3-4-5-6-7-8-12(9-10-12)14-11(2)13;1-10(2)5-4-6-11(3)9-12(13)7-8-12;1-10(2)6-4-3-5-7-11(12)8-9-11;1-3-4-5-6-10(2)9-11(12)7-8-11;1-3-4-9(2)5-6-10(11)7-8-10;1-2-3-4-5-6-7-10(11)8-9-10;1-2-3-4-5-6-9(10)7-8-9;1-2-3-4-5-8(9)6-7-8;1-2-3-4-7(8)5-6-7;1-2-3-6(7)4-5-6/h13-14H,3-12H2,1-2H3;11-12H,5-10H2,1-4H3;3-10H2,1-2H3;10-11,13H,4-9H2,1-3H3;2*10,12H,3-9H2,1-2H3;9,11H,3-8H2,1-2H3;11H,2-9H2,1H3;10H,2-8H2,1H3;9H,2-7H2,1H3;8H,2-6H2,1H3;7H,2-5H2,1H3. The Labute approximate surface area is 868 Å². The molecule has 834 valence electrons. The Kier molecular flexibility index (Phi) is 70.0. The predicted molar refractivity (Wildman–Crippen MR) is 593 cm³/mol. The van der Waals surface area contributed by atoms with E-state index in [2.05, 4.69) is 138 Å². The van der Waals surface area contributed by atoms with Crippen LogP contribution < -0.4 is 0 Å². The van der Waals surface area contributed by atoms with Crippen LogP contribution in [0.2, 0.25) is 0 Å². The summed E-state index contributed by atoms with van der Waals surface area (Å²) in [6, 6.07) is 0. The molecule has 0 aromatic carbocycles. The zero-order chi connectivity index (χ0) is 105. The van der Waals surface area contributed by atoms with Gasteiger partial charge in [-0.3, -0.25) is 9.59 Å². The van der Waals surface area contributed by atoms with Gasteiger partial charge in [0, 0.05) is 26.9 Å². The minimum Gasteiger partial charge on any atom is -0.459 e. The molecular weight excluding hydrogens is 1740 g/mol. The predicted octanol–water partition coefficient (Wildman–Crippen LogP) is 34.4. The topological polar surface area (TPSA) is 253 Å². The van der Waals surface area contributed by atoms with Crippen LogP contribution in [0.15, 0.2) is 0 Å². The lowest BCUT2D eigenvalue weighted by Gasteiger charge is -2.24. The third-order valence-electron chi connectivity index (χ3n) is 32.1. The summed E-state index contributed by atoms with van der Waals surface area (Å²) in [5.74, 6) is 5.98. The van der Waals surface area contributed by atoms with Crippen LogP contribution >= 0.6 is 0 Å². The second-order valence-corrected chi connectivity index (χ2v) is 51.1. The van der Waals surface area contributed by atoms with Crippen LogP contribution in [0.25, 0.3) is 0 Å². The maximum absolute atomic E-state index is 11.0. The maximum Gasteiger partial charge on any atom is 0.303 e. The second kappa shape index (κ2) is 72.9. The summed E-state index contributed by atoms with van der Waals surface area (Å²) in [6.45, 7) is 48.9. The molecule has 0 bridgehead atoms. The zero-order valence-corrected chi connectivity index (χ0v) is 97.2. The summed E-state index contributed by atoms with van der Waals surface area (Å²) in [5, 5.41) is 85.1. The van der Waals surface area contributed by atoms with Crippen molar-refractivity contribution in [3.63, 3.8) is 0 Å². The van der Waals surface area contributed by atoms with E-state index < -0.39 is 0 Å². The number of ether oxygens (including phenoxy) is 4. The van der Waals surface area contributed by atoms with Crippen LogP contribution in [-0.2, 0) is 28.5 Å². The Morgan fingerprint density at radius 1 is 0.243 bits per heavy atom. The molecule has 0 spiro atoms. The largest absolute Gasteiger partial charge is 0.459 e. The summed E-state index contributed by atoms with van der Waals surface area (Å²) in [7, 11) is 0. The van der Waals surface area contributed by atoms with Gasteiger partial charge in [0.25, 0.3) is 0 Å². The monoisotopic (exact) mass is 1990 g/mol. The second-order valence-electron chi connectivity index (χ2n) is 51.1. The number of hydrogen-bond donors (Lipinski definition) is 9. The molecule has 13 aliphatic rings. The van der Waals surface area contributed by atoms with Crippen molar-refractivity contribution in [3.8, 4) is 0 Å². The molecule has 12 saturated carbocycles. The molecule has 0 aromatic rings. The summed E-state index contributed by atoms with van der Waals surface area (Å²) >= 11 is 0. The number of hydrogen-bond acceptors (Lipinski definition) is 15. The lowest BCUT2D eigenvalue weighted by atomic mass is 9.94. The highest BCUT2D eigenvalue weighted by atomic mass is 16.7. The van der Waals surface area contributed by atoms with E-state index in [1.54, 1.807) is 0 Å². The van der Waals surface area contributed by atoms with E-state index >= 15 is 0 Å². The van der Waals surface area contributed by atoms with Crippen LogP contribution in [0.5, 0.6) is 0 Å². The van der Waals surface area contributed by atoms with Crippen LogP contribution in [0, 0.1) is 47.3 Å². The summed E-state index contributed by atoms with van der Waals surface area (Å²) < 4.78 is 22.5. The molecule has 15 nitrogen and oxygen atoms in total. The number of aliphatic hydroxyl groups is 9. The van der Waals surface area contributed by atoms with Gasteiger partial charge < -0.3 is 64.9 Å². The van der Waals surface area contributed by atoms with Gasteiger partial charge in [-0.05, 0) is 298 Å². The lowest BCUT2D eigenvalue weighted by Crippen LogP contribution is -2.25. The van der Waals surface area contributed by atoms with Gasteiger partial charge in [-0.15, -0.1) is 0 Å². The minimum absolute atomic E-state index is 0.0297. The Morgan fingerprint density at radius 2 is 0.507 bits per heavy atom. The smallest absolute Gasteiger partial charge is 0.303 e. The highest BCUT2D eigenvalue weighted by Crippen LogP contribution is 2.51. The molecule has 12 aliphatic carbocycles. The lowest BCUT2D eigenvalue weighted by molar-refractivity contribution is -0.159. The first kappa shape index (κ1) is 135. The summed E-state index contributed by atoms with van der Waals surface area (Å²) in [6.07, 6.45) is 93.9. The molecule has 15 heteroatoms. The van der Waals surface area contributed by atoms with Crippen molar-refractivity contribution in [1.82, 2.24) is 0 Å². The average molecular weight is 1990 g/mol. The van der Waals surface area contributed by atoms with Crippen molar-refractivity contribution in [3.05, 3.63) is 0 Å². The first-order chi connectivity index (χ1) is 66.2.